The first-order valence-corrected chi connectivity index (χ1v) is 9.01. The molecule has 0 aliphatic heterocycles. The Bertz CT molecular complexity index is 705. The Morgan fingerprint density at radius 2 is 1.28 bits per heavy atom. The minimum atomic E-state index is -2.17. The average molecular weight is 406 g/mol. The summed E-state index contributed by atoms with van der Waals surface area (Å²) in [5.41, 5.74) is -0.297. The molecule has 0 bridgehead atoms. The molecule has 0 heterocycles. The second kappa shape index (κ2) is 12.4. The molecule has 0 aromatic heterocycles. The van der Waals surface area contributed by atoms with E-state index in [4.69, 9.17) is 30.0 Å². The van der Waals surface area contributed by atoms with Crippen molar-refractivity contribution in [2.75, 3.05) is 0 Å². The summed E-state index contributed by atoms with van der Waals surface area (Å²) in [6, 6.07) is 17.2. The van der Waals surface area contributed by atoms with Crippen molar-refractivity contribution in [1.29, 1.82) is 0 Å². The highest BCUT2D eigenvalue weighted by molar-refractivity contribution is 6.30. The van der Waals surface area contributed by atoms with Gasteiger partial charge >= 0.3 is 7.32 Å². The SMILES string of the molecule is CC(=O)c1ccccc1OCc1ccccc1.CC(C)(O)C(C)(C)O.OB(O)O. The molecule has 7 nitrogen and oxygen atoms in total. The van der Waals surface area contributed by atoms with Gasteiger partial charge in [0.15, 0.2) is 5.78 Å². The van der Waals surface area contributed by atoms with E-state index in [1.807, 2.05) is 48.5 Å². The number of Topliss-reactive ketones (excluding diaryl/α,β-unsaturated/α-hetero) is 1. The van der Waals surface area contributed by atoms with Crippen LogP contribution in [0.1, 0.15) is 50.5 Å². The highest BCUT2D eigenvalue weighted by Gasteiger charge is 2.31. The van der Waals surface area contributed by atoms with Gasteiger partial charge in [-0.3, -0.25) is 4.79 Å². The number of aliphatic hydroxyl groups is 2. The molecule has 0 saturated carbocycles. The van der Waals surface area contributed by atoms with Crippen molar-refractivity contribution in [1.82, 2.24) is 0 Å². The minimum Gasteiger partial charge on any atom is -0.488 e. The average Bonchev–Trinajstić information content (AvgIpc) is 2.59. The molecule has 160 valence electrons. The summed E-state index contributed by atoms with van der Waals surface area (Å²) in [6.45, 7) is 8.33. The van der Waals surface area contributed by atoms with Crippen LogP contribution in [0.15, 0.2) is 54.6 Å². The molecule has 0 amide bonds. The molecule has 0 fully saturated rings. The molecule has 2 aromatic rings. The number of ether oxygens (including phenoxy) is 1. The zero-order valence-corrected chi connectivity index (χ0v) is 17.5. The summed E-state index contributed by atoms with van der Waals surface area (Å²) in [6.07, 6.45) is 0. The molecule has 5 N–H and O–H groups in total. The van der Waals surface area contributed by atoms with E-state index in [1.54, 1.807) is 40.7 Å². The van der Waals surface area contributed by atoms with Gasteiger partial charge in [-0.2, -0.15) is 0 Å². The van der Waals surface area contributed by atoms with Gasteiger partial charge in [0, 0.05) is 0 Å². The van der Waals surface area contributed by atoms with E-state index in [1.165, 1.54) is 0 Å². The van der Waals surface area contributed by atoms with Crippen molar-refractivity contribution in [3.8, 4) is 5.75 Å². The molecule has 0 aliphatic carbocycles. The Morgan fingerprint density at radius 1 is 0.862 bits per heavy atom. The molecular formula is C21H31BO7. The summed E-state index contributed by atoms with van der Waals surface area (Å²) in [5.74, 6) is 0.664. The quantitative estimate of drug-likeness (QED) is 0.379. The predicted octanol–water partition coefficient (Wildman–Crippen LogP) is 1.94. The summed E-state index contributed by atoms with van der Waals surface area (Å²) >= 11 is 0. The van der Waals surface area contributed by atoms with Gasteiger partial charge in [-0.1, -0.05) is 42.5 Å². The lowest BCUT2D eigenvalue weighted by molar-refractivity contribution is -0.107. The lowest BCUT2D eigenvalue weighted by Crippen LogP contribution is -2.44. The Kier molecular flexibility index (Phi) is 11.4. The van der Waals surface area contributed by atoms with Crippen molar-refractivity contribution in [3.63, 3.8) is 0 Å². The summed E-state index contributed by atoms with van der Waals surface area (Å²) < 4.78 is 5.66. The Balaban J connectivity index is 0.000000547. The maximum atomic E-state index is 11.4. The topological polar surface area (TPSA) is 127 Å². The van der Waals surface area contributed by atoms with Gasteiger partial charge in [0.05, 0.1) is 16.8 Å². The van der Waals surface area contributed by atoms with Crippen LogP contribution in [0.3, 0.4) is 0 Å². The molecule has 0 saturated heterocycles. The van der Waals surface area contributed by atoms with Crippen LogP contribution in [0.4, 0.5) is 0 Å². The van der Waals surface area contributed by atoms with Crippen molar-refractivity contribution >= 4 is 13.1 Å². The van der Waals surface area contributed by atoms with E-state index in [-0.39, 0.29) is 5.78 Å². The molecule has 0 radical (unpaired) electrons. The standard InChI is InChI=1S/C15H14O2.C6H14O2.BH3O3/c1-12(16)14-9-5-6-10-15(14)17-11-13-7-3-2-4-8-13;1-5(2,7)6(3,4)8;2-1(3)4/h2-10H,11H2,1H3;7-8H,1-4H3;2-4H. The van der Waals surface area contributed by atoms with Crippen LogP contribution in [0.25, 0.3) is 0 Å². The fourth-order valence-electron chi connectivity index (χ4n) is 1.62. The lowest BCUT2D eigenvalue weighted by atomic mass is 9.90. The molecule has 0 atom stereocenters. The van der Waals surface area contributed by atoms with Crippen LogP contribution >= 0.6 is 0 Å². The first-order chi connectivity index (χ1) is 13.3. The second-order valence-electron chi connectivity index (χ2n) is 7.29. The fraction of sp³-hybridized carbons (Fsp3) is 0.381. The summed E-state index contributed by atoms with van der Waals surface area (Å²) in [5, 5.41) is 39.7. The maximum absolute atomic E-state index is 11.4. The molecule has 2 aromatic carbocycles. The molecule has 0 spiro atoms. The summed E-state index contributed by atoms with van der Waals surface area (Å²) in [7, 11) is -2.17. The number of hydrogen-bond acceptors (Lipinski definition) is 7. The van der Waals surface area contributed by atoms with E-state index >= 15 is 0 Å². The molecule has 0 unspecified atom stereocenters. The maximum Gasteiger partial charge on any atom is 0.631 e. The minimum absolute atomic E-state index is 0.0219. The van der Waals surface area contributed by atoms with Gasteiger partial charge < -0.3 is 30.0 Å². The highest BCUT2D eigenvalue weighted by atomic mass is 16.5. The first-order valence-electron chi connectivity index (χ1n) is 9.01. The first kappa shape index (κ1) is 26.8. The van der Waals surface area contributed by atoms with Gasteiger partial charge in [0.2, 0.25) is 0 Å². The highest BCUT2D eigenvalue weighted by Crippen LogP contribution is 2.20. The number of benzene rings is 2. The number of carbonyl (C=O) groups is 1. The Labute approximate surface area is 172 Å². The molecular weight excluding hydrogens is 375 g/mol. The number of ketones is 1. The third-order valence-corrected chi connectivity index (χ3v) is 4.00. The normalized spacial score (nSPS) is 10.7. The van der Waals surface area contributed by atoms with Gasteiger partial charge in [-0.15, -0.1) is 0 Å². The second-order valence-corrected chi connectivity index (χ2v) is 7.29. The largest absolute Gasteiger partial charge is 0.631 e. The zero-order valence-electron chi connectivity index (χ0n) is 17.5. The monoisotopic (exact) mass is 406 g/mol. The fourth-order valence-corrected chi connectivity index (χ4v) is 1.62. The summed E-state index contributed by atoms with van der Waals surface area (Å²) in [4.78, 5) is 11.4. The number of para-hydroxylation sites is 1. The molecule has 0 aliphatic rings. The van der Waals surface area contributed by atoms with Gasteiger partial charge in [0.1, 0.15) is 12.4 Å². The van der Waals surface area contributed by atoms with Crippen molar-refractivity contribution in [3.05, 3.63) is 65.7 Å². The molecule has 8 heteroatoms. The van der Waals surface area contributed by atoms with E-state index < -0.39 is 18.5 Å². The van der Waals surface area contributed by atoms with Gasteiger partial charge in [0.25, 0.3) is 0 Å². The Morgan fingerprint density at radius 3 is 1.69 bits per heavy atom. The number of carbonyl (C=O) groups excluding carboxylic acids is 1. The van der Waals surface area contributed by atoms with Gasteiger partial charge in [-0.25, -0.2) is 0 Å². The van der Waals surface area contributed by atoms with Crippen molar-refractivity contribution < 1.29 is 34.8 Å². The van der Waals surface area contributed by atoms with Crippen LogP contribution in [0, 0.1) is 0 Å². The van der Waals surface area contributed by atoms with Crippen molar-refractivity contribution in [2.45, 2.75) is 52.4 Å². The van der Waals surface area contributed by atoms with Crippen LogP contribution in [-0.4, -0.2) is 49.6 Å². The smallest absolute Gasteiger partial charge is 0.488 e. The zero-order chi connectivity index (χ0) is 22.7. The number of rotatable bonds is 5. The van der Waals surface area contributed by atoms with E-state index in [0.29, 0.717) is 17.9 Å². The lowest BCUT2D eigenvalue weighted by Gasteiger charge is -2.31. The Hall–Kier alpha value is -2.23. The molecule has 2 rings (SSSR count). The van der Waals surface area contributed by atoms with E-state index in [0.717, 1.165) is 5.56 Å². The van der Waals surface area contributed by atoms with Crippen LogP contribution in [0.5, 0.6) is 5.75 Å². The predicted molar refractivity (Wildman–Crippen MR) is 112 cm³/mol. The van der Waals surface area contributed by atoms with E-state index in [9.17, 15) is 4.79 Å². The van der Waals surface area contributed by atoms with Gasteiger partial charge in [-0.05, 0) is 52.3 Å². The van der Waals surface area contributed by atoms with Crippen molar-refractivity contribution in [2.24, 2.45) is 0 Å². The molecule has 29 heavy (non-hydrogen) atoms. The van der Waals surface area contributed by atoms with Crippen LogP contribution < -0.4 is 4.74 Å². The number of hydrogen-bond donors (Lipinski definition) is 5. The van der Waals surface area contributed by atoms with Crippen LogP contribution in [0.2, 0.25) is 0 Å². The third kappa shape index (κ3) is 12.0. The third-order valence-electron chi connectivity index (χ3n) is 4.00. The van der Waals surface area contributed by atoms with E-state index in [2.05, 4.69) is 0 Å². The van der Waals surface area contributed by atoms with Crippen LogP contribution in [-0.2, 0) is 6.61 Å².